The Morgan fingerprint density at radius 1 is 1.44 bits per heavy atom. The molecule has 18 heavy (non-hydrogen) atoms. The summed E-state index contributed by atoms with van der Waals surface area (Å²) in [5.41, 5.74) is 0. The van der Waals surface area contributed by atoms with E-state index in [0.717, 1.165) is 37.4 Å². The summed E-state index contributed by atoms with van der Waals surface area (Å²) in [5, 5.41) is 3.69. The van der Waals surface area contributed by atoms with Crippen LogP contribution in [0.2, 0.25) is 0 Å². The van der Waals surface area contributed by atoms with Crippen molar-refractivity contribution >= 4 is 0 Å². The highest BCUT2D eigenvalue weighted by Crippen LogP contribution is 2.23. The van der Waals surface area contributed by atoms with Crippen LogP contribution < -0.4 is 5.32 Å². The van der Waals surface area contributed by atoms with E-state index >= 15 is 0 Å². The first-order valence-corrected chi connectivity index (χ1v) is 7.18. The van der Waals surface area contributed by atoms with Crippen LogP contribution in [0.5, 0.6) is 0 Å². The zero-order chi connectivity index (χ0) is 12.8. The zero-order valence-corrected chi connectivity index (χ0v) is 11.7. The van der Waals surface area contributed by atoms with Gasteiger partial charge in [0.15, 0.2) is 0 Å². The van der Waals surface area contributed by atoms with Gasteiger partial charge in [0.25, 0.3) is 0 Å². The maximum absolute atomic E-state index is 5.35. The summed E-state index contributed by atoms with van der Waals surface area (Å²) in [4.78, 5) is 2.30. The van der Waals surface area contributed by atoms with E-state index in [2.05, 4.69) is 24.2 Å². The maximum atomic E-state index is 5.35. The van der Waals surface area contributed by atoms with Crippen molar-refractivity contribution in [1.29, 1.82) is 0 Å². The third-order valence-electron chi connectivity index (χ3n) is 3.87. The van der Waals surface area contributed by atoms with Crippen molar-refractivity contribution < 1.29 is 4.42 Å². The first-order valence-electron chi connectivity index (χ1n) is 7.18. The van der Waals surface area contributed by atoms with Crippen molar-refractivity contribution in [3.05, 3.63) is 24.2 Å². The Hall–Kier alpha value is -0.800. The Kier molecular flexibility index (Phi) is 5.26. The first-order chi connectivity index (χ1) is 8.74. The molecule has 2 unspecified atom stereocenters. The smallest absolute Gasteiger partial charge is 0.117 e. The highest BCUT2D eigenvalue weighted by molar-refractivity contribution is 4.97. The van der Waals surface area contributed by atoms with E-state index in [-0.39, 0.29) is 0 Å². The number of likely N-dealkylation sites (N-methyl/N-ethyl adjacent to an activating group) is 1. The molecule has 1 fully saturated rings. The van der Waals surface area contributed by atoms with Crippen molar-refractivity contribution in [2.24, 2.45) is 5.92 Å². The molecule has 0 radical (unpaired) electrons. The molecule has 0 aromatic carbocycles. The summed E-state index contributed by atoms with van der Waals surface area (Å²) in [7, 11) is 2.15. The Balaban J connectivity index is 1.59. The SMILES string of the molecule is CC1CCCC(NCCN(C)Cc2ccco2)C1. The molecule has 102 valence electrons. The minimum absolute atomic E-state index is 0.741. The standard InChI is InChI=1S/C15H26N2O/c1-13-5-3-6-14(11-13)16-8-9-17(2)12-15-7-4-10-18-15/h4,7,10,13-14,16H,3,5-6,8-9,11-12H2,1-2H3. The van der Waals surface area contributed by atoms with Crippen molar-refractivity contribution in [3.8, 4) is 0 Å². The van der Waals surface area contributed by atoms with Crippen LogP contribution in [0.15, 0.2) is 22.8 Å². The van der Waals surface area contributed by atoms with E-state index in [0.29, 0.717) is 0 Å². The number of hydrogen-bond acceptors (Lipinski definition) is 3. The second kappa shape index (κ2) is 6.95. The molecule has 0 amide bonds. The number of nitrogens with one attached hydrogen (secondary N) is 1. The fourth-order valence-corrected chi connectivity index (χ4v) is 2.83. The summed E-state index contributed by atoms with van der Waals surface area (Å²) in [5.74, 6) is 1.95. The molecule has 1 aliphatic rings. The summed E-state index contributed by atoms with van der Waals surface area (Å²) < 4.78 is 5.35. The first kappa shape index (κ1) is 13.6. The Morgan fingerprint density at radius 3 is 3.06 bits per heavy atom. The van der Waals surface area contributed by atoms with E-state index in [1.165, 1.54) is 25.7 Å². The van der Waals surface area contributed by atoms with Gasteiger partial charge >= 0.3 is 0 Å². The average Bonchev–Trinajstić information content (AvgIpc) is 2.82. The molecule has 1 aromatic heterocycles. The monoisotopic (exact) mass is 250 g/mol. The van der Waals surface area contributed by atoms with E-state index < -0.39 is 0 Å². The summed E-state index contributed by atoms with van der Waals surface area (Å²) >= 11 is 0. The number of rotatable bonds is 6. The lowest BCUT2D eigenvalue weighted by molar-refractivity contribution is 0.264. The van der Waals surface area contributed by atoms with Gasteiger partial charge in [-0.25, -0.2) is 0 Å². The second-order valence-corrected chi connectivity index (χ2v) is 5.74. The van der Waals surface area contributed by atoms with Crippen LogP contribution >= 0.6 is 0 Å². The molecule has 0 aliphatic heterocycles. The van der Waals surface area contributed by atoms with Gasteiger partial charge in [-0.1, -0.05) is 19.8 Å². The van der Waals surface area contributed by atoms with Crippen molar-refractivity contribution in [2.45, 2.75) is 45.2 Å². The summed E-state index contributed by atoms with van der Waals surface area (Å²) in [6.45, 7) is 5.42. The van der Waals surface area contributed by atoms with Gasteiger partial charge in [0.2, 0.25) is 0 Å². The molecule has 1 saturated carbocycles. The molecule has 2 rings (SSSR count). The van der Waals surface area contributed by atoms with Crippen LogP contribution in [0.3, 0.4) is 0 Å². The fourth-order valence-electron chi connectivity index (χ4n) is 2.83. The van der Waals surface area contributed by atoms with Crippen molar-refractivity contribution in [2.75, 3.05) is 20.1 Å². The molecular weight excluding hydrogens is 224 g/mol. The Bertz CT molecular complexity index is 323. The van der Waals surface area contributed by atoms with Gasteiger partial charge in [-0.2, -0.15) is 0 Å². The fraction of sp³-hybridized carbons (Fsp3) is 0.733. The van der Waals surface area contributed by atoms with Crippen LogP contribution in [-0.2, 0) is 6.54 Å². The van der Waals surface area contributed by atoms with Crippen LogP contribution in [0.1, 0.15) is 38.4 Å². The number of nitrogens with zero attached hydrogens (tertiary/aromatic N) is 1. The highest BCUT2D eigenvalue weighted by atomic mass is 16.3. The molecule has 1 N–H and O–H groups in total. The van der Waals surface area contributed by atoms with Gasteiger partial charge in [-0.05, 0) is 37.9 Å². The predicted octanol–water partition coefficient (Wildman–Crippen LogP) is 2.88. The summed E-state index contributed by atoms with van der Waals surface area (Å²) in [6, 6.07) is 4.73. The lowest BCUT2D eigenvalue weighted by Crippen LogP contribution is -2.38. The molecule has 3 nitrogen and oxygen atoms in total. The molecular formula is C15H26N2O. The average molecular weight is 250 g/mol. The molecule has 1 heterocycles. The molecule has 3 heteroatoms. The summed E-state index contributed by atoms with van der Waals surface area (Å²) in [6.07, 6.45) is 7.25. The van der Waals surface area contributed by atoms with Crippen LogP contribution in [0.4, 0.5) is 0 Å². The molecule has 0 saturated heterocycles. The lowest BCUT2D eigenvalue weighted by atomic mass is 9.87. The molecule has 1 aromatic rings. The third kappa shape index (κ3) is 4.46. The van der Waals surface area contributed by atoms with Crippen molar-refractivity contribution in [1.82, 2.24) is 10.2 Å². The van der Waals surface area contributed by atoms with E-state index in [1.54, 1.807) is 6.26 Å². The second-order valence-electron chi connectivity index (χ2n) is 5.74. The topological polar surface area (TPSA) is 28.4 Å². The zero-order valence-electron chi connectivity index (χ0n) is 11.7. The molecule has 0 spiro atoms. The van der Waals surface area contributed by atoms with Gasteiger partial charge in [0.1, 0.15) is 5.76 Å². The van der Waals surface area contributed by atoms with Crippen LogP contribution in [0.25, 0.3) is 0 Å². The van der Waals surface area contributed by atoms with Crippen molar-refractivity contribution in [3.63, 3.8) is 0 Å². The van der Waals surface area contributed by atoms with E-state index in [4.69, 9.17) is 4.42 Å². The van der Waals surface area contributed by atoms with E-state index in [1.807, 2.05) is 12.1 Å². The number of furan rings is 1. The molecule has 0 bridgehead atoms. The minimum Gasteiger partial charge on any atom is -0.468 e. The van der Waals surface area contributed by atoms with Crippen LogP contribution in [-0.4, -0.2) is 31.1 Å². The van der Waals surface area contributed by atoms with Gasteiger partial charge in [-0.15, -0.1) is 0 Å². The van der Waals surface area contributed by atoms with E-state index in [9.17, 15) is 0 Å². The maximum Gasteiger partial charge on any atom is 0.117 e. The van der Waals surface area contributed by atoms with Gasteiger partial charge in [0, 0.05) is 19.1 Å². The lowest BCUT2D eigenvalue weighted by Gasteiger charge is -2.28. The largest absolute Gasteiger partial charge is 0.468 e. The molecule has 1 aliphatic carbocycles. The van der Waals surface area contributed by atoms with Gasteiger partial charge in [-0.3, -0.25) is 4.90 Å². The quantitative estimate of drug-likeness (QED) is 0.841. The molecule has 2 atom stereocenters. The number of hydrogen-bond donors (Lipinski definition) is 1. The van der Waals surface area contributed by atoms with Gasteiger partial charge < -0.3 is 9.73 Å². The predicted molar refractivity (Wildman–Crippen MR) is 74.5 cm³/mol. The minimum atomic E-state index is 0.741. The highest BCUT2D eigenvalue weighted by Gasteiger charge is 2.17. The third-order valence-corrected chi connectivity index (χ3v) is 3.87. The van der Waals surface area contributed by atoms with Gasteiger partial charge in [0.05, 0.1) is 12.8 Å². The Labute approximate surface area is 111 Å². The van der Waals surface area contributed by atoms with Crippen LogP contribution in [0, 0.1) is 5.92 Å². The normalized spacial score (nSPS) is 24.6. The Morgan fingerprint density at radius 2 is 2.33 bits per heavy atom.